The number of aliphatic hydroxyl groups is 6. The van der Waals surface area contributed by atoms with Gasteiger partial charge in [0, 0.05) is 18.2 Å². The van der Waals surface area contributed by atoms with Crippen LogP contribution in [0.3, 0.4) is 0 Å². The number of aromatic hydroxyl groups is 3. The molecule has 5 rings (SSSR count). The first kappa shape index (κ1) is 30.0. The molecule has 2 saturated heterocycles. The van der Waals surface area contributed by atoms with Crippen LogP contribution in [-0.2, 0) is 14.2 Å². The van der Waals surface area contributed by atoms with E-state index in [0.717, 1.165) is 6.07 Å². The van der Waals surface area contributed by atoms with Gasteiger partial charge in [0.05, 0.1) is 32.0 Å². The van der Waals surface area contributed by atoms with E-state index in [1.165, 1.54) is 37.4 Å². The van der Waals surface area contributed by atoms with E-state index in [1.54, 1.807) is 0 Å². The van der Waals surface area contributed by atoms with Gasteiger partial charge < -0.3 is 69.6 Å². The number of phenolic OH excluding ortho intramolecular Hbond substituents is 3. The summed E-state index contributed by atoms with van der Waals surface area (Å²) < 4.78 is 33.9. The molecule has 0 radical (unpaired) electrons. The van der Waals surface area contributed by atoms with Crippen molar-refractivity contribution < 1.29 is 74.1 Å². The van der Waals surface area contributed by atoms with E-state index in [4.69, 9.17) is 28.1 Å². The molecule has 2 aromatic carbocycles. The summed E-state index contributed by atoms with van der Waals surface area (Å²) in [6, 6.07) is 7.84. The molecule has 3 heterocycles. The second-order valence-electron chi connectivity index (χ2n) is 9.88. The van der Waals surface area contributed by atoms with E-state index >= 15 is 0 Å². The van der Waals surface area contributed by atoms with Gasteiger partial charge in [0.25, 0.3) is 0 Å². The summed E-state index contributed by atoms with van der Waals surface area (Å²) in [4.78, 5) is 0. The highest BCUT2D eigenvalue weighted by atomic mass is 16.8. The van der Waals surface area contributed by atoms with Crippen molar-refractivity contribution in [3.63, 3.8) is 0 Å². The van der Waals surface area contributed by atoms with Crippen LogP contribution in [0, 0.1) is 0 Å². The van der Waals surface area contributed by atoms with Crippen molar-refractivity contribution in [2.45, 2.75) is 55.3 Å². The Kier molecular flexibility index (Phi) is 8.56. The maximum absolute atomic E-state index is 10.9. The Morgan fingerprint density at radius 1 is 0.857 bits per heavy atom. The number of hydrogen-bond acceptors (Lipinski definition) is 14. The first-order valence-corrected chi connectivity index (χ1v) is 12.8. The smallest absolute Gasteiger partial charge is 0.402 e. The van der Waals surface area contributed by atoms with Crippen molar-refractivity contribution in [3.05, 3.63) is 36.4 Å². The number of aliphatic hydroxyl groups excluding tert-OH is 6. The summed E-state index contributed by atoms with van der Waals surface area (Å²) in [6.45, 7) is -1.15. The van der Waals surface area contributed by atoms with Crippen LogP contribution in [0.15, 0.2) is 40.8 Å². The Morgan fingerprint density at radius 2 is 1.62 bits per heavy atom. The fourth-order valence-corrected chi connectivity index (χ4v) is 4.77. The zero-order chi connectivity index (χ0) is 30.3. The average Bonchev–Trinajstić information content (AvgIpc) is 2.97. The zero-order valence-electron chi connectivity index (χ0n) is 22.0. The number of fused-ring (bicyclic) bond motifs is 1. The van der Waals surface area contributed by atoms with E-state index < -0.39 is 68.5 Å². The summed E-state index contributed by atoms with van der Waals surface area (Å²) in [6.07, 6.45) is -14.4. The highest BCUT2D eigenvalue weighted by Gasteiger charge is 2.50. The molecule has 2 aliphatic heterocycles. The summed E-state index contributed by atoms with van der Waals surface area (Å²) >= 11 is 0. The third kappa shape index (κ3) is 5.61. The molecule has 15 nitrogen and oxygen atoms in total. The molecular formula is C27H31O15+. The first-order chi connectivity index (χ1) is 20.0. The van der Waals surface area contributed by atoms with E-state index in [-0.39, 0.29) is 45.5 Å². The van der Waals surface area contributed by atoms with Gasteiger partial charge in [-0.1, -0.05) is 0 Å². The Hall–Kier alpha value is -3.51. The number of benzene rings is 2. The largest absolute Gasteiger partial charge is 0.507 e. The van der Waals surface area contributed by atoms with Gasteiger partial charge in [-0.3, -0.25) is 0 Å². The van der Waals surface area contributed by atoms with Crippen molar-refractivity contribution in [1.29, 1.82) is 0 Å². The number of hydrogen-bond donors (Lipinski definition) is 9. The molecule has 2 aliphatic rings. The Bertz CT molecular complexity index is 1420. The van der Waals surface area contributed by atoms with Crippen molar-refractivity contribution in [2.75, 3.05) is 20.3 Å². The molecule has 9 atom stereocenters. The fraction of sp³-hybridized carbons (Fsp3) is 0.444. The topological polar surface area (TPSA) is 240 Å². The van der Waals surface area contributed by atoms with Crippen LogP contribution in [0.5, 0.6) is 28.7 Å². The van der Waals surface area contributed by atoms with Crippen LogP contribution in [-0.4, -0.2) is 122 Å². The Morgan fingerprint density at radius 3 is 2.33 bits per heavy atom. The Labute approximate surface area is 237 Å². The predicted octanol–water partition coefficient (Wildman–Crippen LogP) is -0.852. The normalized spacial score (nSPS) is 31.6. The highest BCUT2D eigenvalue weighted by Crippen LogP contribution is 2.42. The van der Waals surface area contributed by atoms with Crippen LogP contribution >= 0.6 is 0 Å². The number of phenols is 3. The molecule has 3 aromatic rings. The summed E-state index contributed by atoms with van der Waals surface area (Å²) in [5.41, 5.74) is 0.328. The van der Waals surface area contributed by atoms with Gasteiger partial charge in [-0.05, 0) is 12.1 Å². The fourth-order valence-electron chi connectivity index (χ4n) is 4.77. The molecule has 228 valence electrons. The van der Waals surface area contributed by atoms with Crippen LogP contribution in [0.25, 0.3) is 22.3 Å². The molecule has 15 heteroatoms. The van der Waals surface area contributed by atoms with Gasteiger partial charge in [-0.15, -0.1) is 0 Å². The first-order valence-electron chi connectivity index (χ1n) is 12.8. The minimum absolute atomic E-state index is 0.0261. The quantitative estimate of drug-likeness (QED) is 0.151. The zero-order valence-corrected chi connectivity index (χ0v) is 22.0. The lowest BCUT2D eigenvalue weighted by atomic mass is 9.98. The Balaban J connectivity index is 1.58. The van der Waals surface area contributed by atoms with Crippen LogP contribution < -0.4 is 9.47 Å². The van der Waals surface area contributed by atoms with E-state index in [0.29, 0.717) is 5.56 Å². The lowest BCUT2D eigenvalue weighted by Gasteiger charge is -2.44. The summed E-state index contributed by atoms with van der Waals surface area (Å²) in [5.74, 6) is -0.925. The average molecular weight is 596 g/mol. The minimum Gasteiger partial charge on any atom is -0.507 e. The molecule has 0 aliphatic carbocycles. The lowest BCUT2D eigenvalue weighted by Crippen LogP contribution is -2.63. The maximum atomic E-state index is 10.9. The molecular weight excluding hydrogens is 564 g/mol. The van der Waals surface area contributed by atoms with Gasteiger partial charge >= 0.3 is 11.3 Å². The van der Waals surface area contributed by atoms with Crippen LogP contribution in [0.4, 0.5) is 0 Å². The number of rotatable bonds is 7. The van der Waals surface area contributed by atoms with Crippen molar-refractivity contribution in [1.82, 2.24) is 0 Å². The molecule has 0 unspecified atom stereocenters. The molecule has 2 fully saturated rings. The summed E-state index contributed by atoms with van der Waals surface area (Å²) in [5, 5.41) is 92.1. The molecule has 0 spiro atoms. The second-order valence-corrected chi connectivity index (χ2v) is 9.88. The van der Waals surface area contributed by atoms with Gasteiger partial charge in [0.15, 0.2) is 23.9 Å². The van der Waals surface area contributed by atoms with Crippen LogP contribution in [0.1, 0.15) is 0 Å². The lowest BCUT2D eigenvalue weighted by molar-refractivity contribution is -0.344. The molecule has 0 amide bonds. The van der Waals surface area contributed by atoms with Gasteiger partial charge in [-0.2, -0.15) is 0 Å². The van der Waals surface area contributed by atoms with Crippen molar-refractivity contribution in [2.24, 2.45) is 0 Å². The molecule has 1 aromatic heterocycles. The molecule has 42 heavy (non-hydrogen) atoms. The molecule has 0 saturated carbocycles. The number of ether oxygens (including phenoxy) is 5. The second kappa shape index (κ2) is 12.0. The predicted molar refractivity (Wildman–Crippen MR) is 139 cm³/mol. The van der Waals surface area contributed by atoms with E-state index in [1.807, 2.05) is 0 Å². The summed E-state index contributed by atoms with van der Waals surface area (Å²) in [7, 11) is 1.33. The van der Waals surface area contributed by atoms with E-state index in [2.05, 4.69) is 0 Å². The molecule has 0 bridgehead atoms. The minimum atomic E-state index is -1.78. The standard InChI is InChI=1S/C27H30O15/c1-37-17-4-10(2-3-13(17)30)24-18(7-12-14(31)5-11(29)6-16(12)39-24)40-27-25(22(35)21(34)19(8-28)41-27)42-26-23(36)20(33)15(32)9-38-26/h2-7,15,19-23,25-28,32-36H,8-9H2,1H3,(H2-,29,30,31)/p+1/t15-,19+,20-,21+,22-,23+,25-,26+,27+/m0/s1. The highest BCUT2D eigenvalue weighted by molar-refractivity contribution is 5.88. The SMILES string of the molecule is COc1cc(-c2[o+]c3cc(O)cc(O)c3cc2O[C@@H]2O[C@H](CO)[C@@H](O)[C@H](O)[C@@H]2O[C@H]2OC[C@H](O)[C@H](O)[C@H]2O)ccc1O. The van der Waals surface area contributed by atoms with Crippen LogP contribution in [0.2, 0.25) is 0 Å². The van der Waals surface area contributed by atoms with Gasteiger partial charge in [0.2, 0.25) is 12.0 Å². The third-order valence-electron chi connectivity index (χ3n) is 7.07. The number of methoxy groups -OCH3 is 1. The van der Waals surface area contributed by atoms with Gasteiger partial charge in [-0.25, -0.2) is 4.42 Å². The van der Waals surface area contributed by atoms with E-state index in [9.17, 15) is 46.0 Å². The van der Waals surface area contributed by atoms with Crippen molar-refractivity contribution >= 4 is 11.0 Å². The molecule has 9 N–H and O–H groups in total. The van der Waals surface area contributed by atoms with Gasteiger partial charge in [0.1, 0.15) is 53.5 Å². The monoisotopic (exact) mass is 595 g/mol. The maximum Gasteiger partial charge on any atom is 0.402 e. The van der Waals surface area contributed by atoms with Crippen molar-refractivity contribution in [3.8, 4) is 40.1 Å². The third-order valence-corrected chi connectivity index (χ3v) is 7.07.